The number of rotatable bonds is 3. The van der Waals surface area contributed by atoms with Crippen LogP contribution in [0.3, 0.4) is 0 Å². The van der Waals surface area contributed by atoms with Crippen LogP contribution < -0.4 is 6.54 Å². The van der Waals surface area contributed by atoms with Gasteiger partial charge in [-0.15, -0.1) is 24.8 Å². The molecule has 5 rings (SSSR count). The summed E-state index contributed by atoms with van der Waals surface area (Å²) in [5.74, 6) is 0. The third kappa shape index (κ3) is 3.68. The first-order valence-electron chi connectivity index (χ1n) is 9.36. The van der Waals surface area contributed by atoms with E-state index in [4.69, 9.17) is 15.8 Å². The molecule has 0 heterocycles. The first-order valence-corrected chi connectivity index (χ1v) is 15.2. The third-order valence-corrected chi connectivity index (χ3v) is 16.5. The van der Waals surface area contributed by atoms with Crippen molar-refractivity contribution >= 4 is 47.2 Å². The van der Waals surface area contributed by atoms with E-state index in [1.54, 1.807) is 0 Å². The van der Waals surface area contributed by atoms with Crippen LogP contribution in [0.1, 0.15) is 17.5 Å². The van der Waals surface area contributed by atoms with E-state index >= 15 is 0 Å². The molecule has 0 saturated heterocycles. The molecule has 0 fully saturated rings. The molecular formula is C25H22Cl3Zr. The van der Waals surface area contributed by atoms with Crippen LogP contribution in [0.2, 0.25) is 5.02 Å². The number of fused-ring (bicyclic) bond motifs is 3. The van der Waals surface area contributed by atoms with Crippen LogP contribution >= 0.6 is 36.4 Å². The van der Waals surface area contributed by atoms with E-state index in [1.807, 2.05) is 12.1 Å². The fourth-order valence-electron chi connectivity index (χ4n) is 4.57. The topological polar surface area (TPSA) is 0 Å². The van der Waals surface area contributed by atoms with Crippen molar-refractivity contribution in [3.8, 4) is 11.1 Å². The van der Waals surface area contributed by atoms with Gasteiger partial charge < -0.3 is 0 Å². The van der Waals surface area contributed by atoms with E-state index in [9.17, 15) is 0 Å². The summed E-state index contributed by atoms with van der Waals surface area (Å²) in [4.78, 5) is 0. The minimum absolute atomic E-state index is 0. The van der Waals surface area contributed by atoms with Gasteiger partial charge in [0.2, 0.25) is 0 Å². The van der Waals surface area contributed by atoms with Crippen molar-refractivity contribution in [3.05, 3.63) is 104 Å². The van der Waals surface area contributed by atoms with Crippen LogP contribution in [0.15, 0.2) is 88.2 Å². The molecule has 147 valence electrons. The molecular weight excluding hydrogens is 498 g/mol. The zero-order chi connectivity index (χ0) is 18.4. The minimum atomic E-state index is -3.26. The van der Waals surface area contributed by atoms with Gasteiger partial charge in [-0.2, -0.15) is 0 Å². The summed E-state index contributed by atoms with van der Waals surface area (Å²) in [6.07, 6.45) is 8.82. The maximum atomic E-state index is 6.20. The molecule has 29 heavy (non-hydrogen) atoms. The molecule has 0 nitrogen and oxygen atoms in total. The Hall–Kier alpha value is -1.24. The van der Waals surface area contributed by atoms with Crippen molar-refractivity contribution in [2.24, 2.45) is 0 Å². The van der Waals surface area contributed by atoms with Gasteiger partial charge in [0.1, 0.15) is 0 Å². The molecule has 0 spiro atoms. The Kier molecular flexibility index (Phi) is 6.86. The summed E-state index contributed by atoms with van der Waals surface area (Å²) in [6, 6.07) is 24.1. The molecule has 2 aliphatic rings. The maximum absolute atomic E-state index is 6.20. The van der Waals surface area contributed by atoms with Gasteiger partial charge in [0, 0.05) is 0 Å². The molecule has 1 unspecified atom stereocenters. The molecule has 3 aromatic carbocycles. The van der Waals surface area contributed by atoms with Crippen molar-refractivity contribution in [2.45, 2.75) is 12.8 Å². The van der Waals surface area contributed by atoms with Crippen molar-refractivity contribution in [1.82, 2.24) is 0 Å². The Morgan fingerprint density at radius 3 is 2.28 bits per heavy atom. The Morgan fingerprint density at radius 1 is 0.828 bits per heavy atom. The normalized spacial score (nSPS) is 15.4. The summed E-state index contributed by atoms with van der Waals surface area (Å²) in [6.45, 7) is 0. The molecule has 0 saturated carbocycles. The molecule has 0 radical (unpaired) electrons. The molecule has 0 aromatic heterocycles. The Labute approximate surface area is 194 Å². The molecule has 0 aliphatic heterocycles. The van der Waals surface area contributed by atoms with Crippen LogP contribution in [0.25, 0.3) is 11.1 Å². The summed E-state index contributed by atoms with van der Waals surface area (Å²) in [5.41, 5.74) is 5.71. The second-order valence-electron chi connectivity index (χ2n) is 7.40. The average Bonchev–Trinajstić information content (AvgIpc) is 3.36. The first-order chi connectivity index (χ1) is 13.2. The van der Waals surface area contributed by atoms with Gasteiger partial charge in [-0.25, -0.2) is 0 Å². The SMILES string of the molecule is Cl.Cl.[CH2]=[Zr]([C]1=CC=CC1)([c]1ccc(Cl)cc1)[c]1cccc2c1Cc1ccccc1-2. The quantitative estimate of drug-likeness (QED) is 0.305. The van der Waals surface area contributed by atoms with E-state index < -0.39 is 19.8 Å². The third-order valence-electron chi connectivity index (χ3n) is 5.97. The van der Waals surface area contributed by atoms with Gasteiger partial charge in [0.25, 0.3) is 0 Å². The summed E-state index contributed by atoms with van der Waals surface area (Å²) in [7, 11) is 0. The summed E-state index contributed by atoms with van der Waals surface area (Å²) in [5, 5.41) is 0.789. The van der Waals surface area contributed by atoms with Crippen LogP contribution in [0, 0.1) is 0 Å². The first kappa shape index (κ1) is 22.4. The van der Waals surface area contributed by atoms with Crippen LogP contribution in [-0.2, 0) is 26.2 Å². The number of benzene rings is 3. The fourth-order valence-corrected chi connectivity index (χ4v) is 13.9. The predicted octanol–water partition coefficient (Wildman–Crippen LogP) is 6.14. The van der Waals surface area contributed by atoms with E-state index in [-0.39, 0.29) is 24.8 Å². The Morgan fingerprint density at radius 2 is 1.55 bits per heavy atom. The van der Waals surface area contributed by atoms with E-state index in [2.05, 4.69) is 72.8 Å². The van der Waals surface area contributed by atoms with E-state index in [1.165, 1.54) is 32.1 Å². The van der Waals surface area contributed by atoms with Gasteiger partial charge in [0.15, 0.2) is 0 Å². The van der Waals surface area contributed by atoms with Crippen LogP contribution in [0.5, 0.6) is 0 Å². The monoisotopic (exact) mass is 517 g/mol. The van der Waals surface area contributed by atoms with Gasteiger partial charge in [-0.1, -0.05) is 0 Å². The van der Waals surface area contributed by atoms with E-state index in [0.29, 0.717) is 0 Å². The summed E-state index contributed by atoms with van der Waals surface area (Å²) >= 11 is 2.94. The van der Waals surface area contributed by atoms with Crippen molar-refractivity contribution in [3.63, 3.8) is 0 Å². The zero-order valence-corrected chi connectivity index (χ0v) is 20.7. The zero-order valence-electron chi connectivity index (χ0n) is 15.9. The number of hydrogen-bond donors (Lipinski definition) is 0. The molecule has 0 amide bonds. The molecule has 2 aliphatic carbocycles. The van der Waals surface area contributed by atoms with Crippen LogP contribution in [0.4, 0.5) is 0 Å². The fraction of sp³-hybridized carbons (Fsp3) is 0.0800. The Balaban J connectivity index is 0.00000120. The van der Waals surface area contributed by atoms with Gasteiger partial charge >= 0.3 is 170 Å². The number of halogens is 3. The second-order valence-corrected chi connectivity index (χ2v) is 16.6. The van der Waals surface area contributed by atoms with Crippen molar-refractivity contribution < 1.29 is 19.8 Å². The average molecular weight is 520 g/mol. The molecule has 3 aromatic rings. The van der Waals surface area contributed by atoms with E-state index in [0.717, 1.165) is 17.9 Å². The van der Waals surface area contributed by atoms with Crippen molar-refractivity contribution in [2.75, 3.05) is 0 Å². The second kappa shape index (κ2) is 8.87. The molecule has 4 heteroatoms. The van der Waals surface area contributed by atoms with Gasteiger partial charge in [0.05, 0.1) is 0 Å². The molecule has 0 bridgehead atoms. The van der Waals surface area contributed by atoms with Crippen molar-refractivity contribution in [1.29, 1.82) is 0 Å². The number of allylic oxidation sites excluding steroid dienone is 4. The predicted molar refractivity (Wildman–Crippen MR) is 129 cm³/mol. The summed E-state index contributed by atoms with van der Waals surface area (Å²) < 4.78 is 9.46. The van der Waals surface area contributed by atoms with Crippen LogP contribution in [-0.4, -0.2) is 4.21 Å². The molecule has 1 atom stereocenters. The standard InChI is InChI=1S/C13H9.C6H4Cl.C5H5.CH2.2ClH.Zr/c1-3-7-12-10(5-1)9-11-6-2-4-8-13(11)12;7-6-4-2-1-3-5-6;1-2-4-5-3-1;;;;/h1-5,7-8H,9H2;2-5H;1-3H,4H2;1H2;2*1H;. The molecule has 0 N–H and O–H groups in total. The number of hydrogen-bond acceptors (Lipinski definition) is 0. The Bertz CT molecular complexity index is 1160. The van der Waals surface area contributed by atoms with Gasteiger partial charge in [-0.05, 0) is 0 Å². The van der Waals surface area contributed by atoms with Gasteiger partial charge in [-0.3, -0.25) is 0 Å².